The maximum absolute atomic E-state index is 11.2. The fraction of sp³-hybridized carbons (Fsp3) is 0.167. The Morgan fingerprint density at radius 1 is 1.20 bits per heavy atom. The van der Waals surface area contributed by atoms with Crippen LogP contribution in [-0.2, 0) is 0 Å². The fourth-order valence-electron chi connectivity index (χ4n) is 1.83. The van der Waals surface area contributed by atoms with E-state index in [1.165, 1.54) is 0 Å². The summed E-state index contributed by atoms with van der Waals surface area (Å²) in [4.78, 5) is 4.08. The lowest BCUT2D eigenvalue weighted by atomic mass is 10.00. The van der Waals surface area contributed by atoms with Gasteiger partial charge in [-0.05, 0) is 19.9 Å². The van der Waals surface area contributed by atoms with E-state index in [1.54, 1.807) is 18.6 Å². The van der Waals surface area contributed by atoms with Crippen molar-refractivity contribution in [3.8, 4) is 11.1 Å². The highest BCUT2D eigenvalue weighted by molar-refractivity contribution is 5.68. The summed E-state index contributed by atoms with van der Waals surface area (Å²) in [7, 11) is 0. The zero-order chi connectivity index (χ0) is 10.8. The molecule has 0 bridgehead atoms. The van der Waals surface area contributed by atoms with E-state index in [1.807, 2.05) is 32.2 Å². The molecule has 3 nitrogen and oxygen atoms in total. The molecule has 0 fully saturated rings. The molecule has 0 atom stereocenters. The first kappa shape index (κ1) is 9.65. The molecule has 2 aromatic rings. The number of nitrogens with zero attached hydrogens (tertiary/aromatic N) is 2. The second-order valence-electron chi connectivity index (χ2n) is 3.60. The van der Waals surface area contributed by atoms with Gasteiger partial charge in [-0.1, -0.05) is 6.07 Å². The summed E-state index contributed by atoms with van der Waals surface area (Å²) in [6.07, 6.45) is 6.71. The van der Waals surface area contributed by atoms with Gasteiger partial charge in [0.1, 0.15) is 0 Å². The van der Waals surface area contributed by atoms with E-state index in [9.17, 15) is 5.21 Å². The molecule has 0 aliphatic rings. The van der Waals surface area contributed by atoms with Gasteiger partial charge >= 0.3 is 0 Å². The highest BCUT2D eigenvalue weighted by atomic mass is 16.5. The molecule has 2 aromatic heterocycles. The van der Waals surface area contributed by atoms with Crippen molar-refractivity contribution in [3.05, 3.63) is 53.3 Å². The molecule has 0 saturated heterocycles. The van der Waals surface area contributed by atoms with E-state index in [-0.39, 0.29) is 0 Å². The molecular formula is C12H12N2O. The van der Waals surface area contributed by atoms with Crippen LogP contribution in [0.15, 0.2) is 36.9 Å². The molecule has 0 aliphatic heterocycles. The maximum atomic E-state index is 11.2. The quantitative estimate of drug-likeness (QED) is 0.521. The zero-order valence-corrected chi connectivity index (χ0v) is 8.77. The number of aryl methyl sites for hydroxylation is 2. The minimum absolute atomic E-state index is 0.838. The summed E-state index contributed by atoms with van der Waals surface area (Å²) in [5.74, 6) is 0. The number of hydrogen-bond acceptors (Lipinski definition) is 2. The van der Waals surface area contributed by atoms with Crippen molar-refractivity contribution in [2.45, 2.75) is 13.8 Å². The Hall–Kier alpha value is -1.90. The molecule has 0 radical (unpaired) electrons. The van der Waals surface area contributed by atoms with Gasteiger partial charge in [0.25, 0.3) is 0 Å². The van der Waals surface area contributed by atoms with Gasteiger partial charge in [0, 0.05) is 34.6 Å². The molecule has 3 heteroatoms. The standard InChI is InChI=1S/C12H12N2O/c1-9-7-14(15)8-10(2)12(9)11-4-3-5-13-6-11/h3-8H,1-2H3. The molecule has 15 heavy (non-hydrogen) atoms. The predicted molar refractivity (Wildman–Crippen MR) is 58.1 cm³/mol. The number of rotatable bonds is 1. The molecule has 0 aromatic carbocycles. The minimum Gasteiger partial charge on any atom is -0.619 e. The first-order valence-electron chi connectivity index (χ1n) is 4.79. The van der Waals surface area contributed by atoms with E-state index < -0.39 is 0 Å². The van der Waals surface area contributed by atoms with E-state index in [0.717, 1.165) is 27.0 Å². The predicted octanol–water partition coefficient (Wildman–Crippen LogP) is 2.00. The second kappa shape index (κ2) is 3.69. The summed E-state index contributed by atoms with van der Waals surface area (Å²) in [5, 5.41) is 11.2. The number of hydrogen-bond donors (Lipinski definition) is 0. The fourth-order valence-corrected chi connectivity index (χ4v) is 1.83. The lowest BCUT2D eigenvalue weighted by molar-refractivity contribution is -0.606. The van der Waals surface area contributed by atoms with Crippen LogP contribution in [0.25, 0.3) is 11.1 Å². The van der Waals surface area contributed by atoms with Crippen molar-refractivity contribution in [3.63, 3.8) is 0 Å². The van der Waals surface area contributed by atoms with Crippen LogP contribution in [0.2, 0.25) is 0 Å². The molecule has 2 rings (SSSR count). The first-order valence-corrected chi connectivity index (χ1v) is 4.79. The monoisotopic (exact) mass is 200 g/mol. The van der Waals surface area contributed by atoms with Crippen LogP contribution in [0.5, 0.6) is 0 Å². The third-order valence-electron chi connectivity index (χ3n) is 2.38. The third-order valence-corrected chi connectivity index (χ3v) is 2.38. The summed E-state index contributed by atoms with van der Waals surface area (Å²) in [6, 6.07) is 3.89. The van der Waals surface area contributed by atoms with E-state index in [4.69, 9.17) is 0 Å². The number of aromatic nitrogens is 2. The average molecular weight is 200 g/mol. The normalized spacial score (nSPS) is 10.3. The Bertz CT molecular complexity index is 457. The van der Waals surface area contributed by atoms with Gasteiger partial charge in [-0.25, -0.2) is 0 Å². The highest BCUT2D eigenvalue weighted by Crippen LogP contribution is 2.24. The van der Waals surface area contributed by atoms with Crippen molar-refractivity contribution in [2.24, 2.45) is 0 Å². The van der Waals surface area contributed by atoms with Crippen LogP contribution in [0.1, 0.15) is 11.1 Å². The largest absolute Gasteiger partial charge is 0.619 e. The molecule has 0 amide bonds. The van der Waals surface area contributed by atoms with Crippen LogP contribution < -0.4 is 4.73 Å². The zero-order valence-electron chi connectivity index (χ0n) is 8.77. The Balaban J connectivity index is 2.64. The Labute approximate surface area is 88.6 Å². The summed E-state index contributed by atoms with van der Waals surface area (Å²) >= 11 is 0. The second-order valence-corrected chi connectivity index (χ2v) is 3.60. The number of pyridine rings is 2. The van der Waals surface area contributed by atoms with Crippen molar-refractivity contribution >= 4 is 0 Å². The van der Waals surface area contributed by atoms with Crippen molar-refractivity contribution in [2.75, 3.05) is 0 Å². The lowest BCUT2D eigenvalue weighted by Crippen LogP contribution is -2.26. The van der Waals surface area contributed by atoms with Gasteiger partial charge in [-0.3, -0.25) is 4.98 Å². The van der Waals surface area contributed by atoms with Gasteiger partial charge in [-0.15, -0.1) is 0 Å². The average Bonchev–Trinajstić information content (AvgIpc) is 2.17. The van der Waals surface area contributed by atoms with E-state index in [0.29, 0.717) is 0 Å². The smallest absolute Gasteiger partial charge is 0.183 e. The van der Waals surface area contributed by atoms with Crippen LogP contribution in [0.3, 0.4) is 0 Å². The van der Waals surface area contributed by atoms with Gasteiger partial charge in [0.05, 0.1) is 0 Å². The Morgan fingerprint density at radius 3 is 2.40 bits per heavy atom. The lowest BCUT2D eigenvalue weighted by Gasteiger charge is -2.08. The van der Waals surface area contributed by atoms with Gasteiger partial charge < -0.3 is 5.21 Å². The first-order chi connectivity index (χ1) is 7.18. The molecule has 0 unspecified atom stereocenters. The van der Waals surface area contributed by atoms with Crippen molar-refractivity contribution in [1.29, 1.82) is 0 Å². The molecular weight excluding hydrogens is 188 g/mol. The van der Waals surface area contributed by atoms with E-state index >= 15 is 0 Å². The maximum Gasteiger partial charge on any atom is 0.183 e. The topological polar surface area (TPSA) is 39.8 Å². The summed E-state index contributed by atoms with van der Waals surface area (Å²) in [6.45, 7) is 3.87. The van der Waals surface area contributed by atoms with Crippen LogP contribution in [0.4, 0.5) is 0 Å². The molecule has 0 spiro atoms. The van der Waals surface area contributed by atoms with Crippen LogP contribution >= 0.6 is 0 Å². The van der Waals surface area contributed by atoms with Gasteiger partial charge in [0.15, 0.2) is 12.4 Å². The Kier molecular flexibility index (Phi) is 2.37. The van der Waals surface area contributed by atoms with Gasteiger partial charge in [0.2, 0.25) is 0 Å². The molecule has 76 valence electrons. The van der Waals surface area contributed by atoms with Crippen LogP contribution in [-0.4, -0.2) is 4.98 Å². The molecule has 0 saturated carbocycles. The molecule has 0 aliphatic carbocycles. The summed E-state index contributed by atoms with van der Waals surface area (Å²) < 4.78 is 0.838. The Morgan fingerprint density at radius 2 is 1.87 bits per heavy atom. The van der Waals surface area contributed by atoms with Crippen LogP contribution in [0, 0.1) is 19.1 Å². The van der Waals surface area contributed by atoms with E-state index in [2.05, 4.69) is 4.98 Å². The van der Waals surface area contributed by atoms with Gasteiger partial charge in [-0.2, -0.15) is 4.73 Å². The SMILES string of the molecule is Cc1c[n+]([O-])cc(C)c1-c1cccnc1. The third kappa shape index (κ3) is 1.81. The molecule has 0 N–H and O–H groups in total. The molecule has 2 heterocycles. The highest BCUT2D eigenvalue weighted by Gasteiger charge is 2.09. The van der Waals surface area contributed by atoms with Crippen molar-refractivity contribution in [1.82, 2.24) is 4.98 Å². The van der Waals surface area contributed by atoms with Crippen molar-refractivity contribution < 1.29 is 4.73 Å². The minimum atomic E-state index is 0.838. The summed E-state index contributed by atoms with van der Waals surface area (Å²) in [5.41, 5.74) is 4.08.